The highest BCUT2D eigenvalue weighted by Gasteiger charge is 2.27. The number of hydrogen-bond acceptors (Lipinski definition) is 5. The van der Waals surface area contributed by atoms with Crippen molar-refractivity contribution in [3.05, 3.63) is 71.7 Å². The van der Waals surface area contributed by atoms with Gasteiger partial charge >= 0.3 is 0 Å². The van der Waals surface area contributed by atoms with Crippen LogP contribution in [-0.4, -0.2) is 32.6 Å². The SMILES string of the molecule is Cc1ccc(C#N)c(N2CCC[C@@H](c3nccn3Cc3ccncc3)C2)n1. The van der Waals surface area contributed by atoms with Crippen LogP contribution in [0.15, 0.2) is 49.1 Å². The summed E-state index contributed by atoms with van der Waals surface area (Å²) in [6.45, 7) is 4.51. The van der Waals surface area contributed by atoms with Gasteiger partial charge in [-0.1, -0.05) is 0 Å². The predicted molar refractivity (Wildman–Crippen MR) is 103 cm³/mol. The molecule has 6 heteroatoms. The van der Waals surface area contributed by atoms with E-state index >= 15 is 0 Å². The summed E-state index contributed by atoms with van der Waals surface area (Å²) in [5, 5.41) is 9.46. The quantitative estimate of drug-likeness (QED) is 0.716. The molecule has 1 saturated heterocycles. The Bertz CT molecular complexity index is 956. The summed E-state index contributed by atoms with van der Waals surface area (Å²) in [7, 11) is 0. The summed E-state index contributed by atoms with van der Waals surface area (Å²) in [4.78, 5) is 15.6. The van der Waals surface area contributed by atoms with E-state index in [2.05, 4.69) is 30.5 Å². The molecule has 0 spiro atoms. The van der Waals surface area contributed by atoms with Crippen LogP contribution in [0.3, 0.4) is 0 Å². The highest BCUT2D eigenvalue weighted by atomic mass is 15.2. The molecule has 0 aromatic carbocycles. The maximum absolute atomic E-state index is 9.46. The molecule has 0 unspecified atom stereocenters. The first-order chi connectivity index (χ1) is 13.2. The van der Waals surface area contributed by atoms with E-state index in [1.807, 2.05) is 56.0 Å². The van der Waals surface area contributed by atoms with Crippen molar-refractivity contribution in [2.75, 3.05) is 18.0 Å². The molecule has 0 radical (unpaired) electrons. The monoisotopic (exact) mass is 358 g/mol. The summed E-state index contributed by atoms with van der Waals surface area (Å²) in [5.74, 6) is 2.22. The van der Waals surface area contributed by atoms with E-state index in [0.29, 0.717) is 11.5 Å². The molecular formula is C21H22N6. The number of nitriles is 1. The highest BCUT2D eigenvalue weighted by molar-refractivity contribution is 5.54. The maximum Gasteiger partial charge on any atom is 0.146 e. The number of rotatable bonds is 4. The Hall–Kier alpha value is -3.20. The fraction of sp³-hybridized carbons (Fsp3) is 0.333. The maximum atomic E-state index is 9.46. The van der Waals surface area contributed by atoms with E-state index in [-0.39, 0.29) is 0 Å². The zero-order valence-electron chi connectivity index (χ0n) is 15.4. The molecule has 0 N–H and O–H groups in total. The van der Waals surface area contributed by atoms with Crippen molar-refractivity contribution in [3.63, 3.8) is 0 Å². The summed E-state index contributed by atoms with van der Waals surface area (Å²) in [5.41, 5.74) is 2.79. The Morgan fingerprint density at radius 3 is 2.85 bits per heavy atom. The molecule has 27 heavy (non-hydrogen) atoms. The van der Waals surface area contributed by atoms with Gasteiger partial charge in [-0.2, -0.15) is 5.26 Å². The van der Waals surface area contributed by atoms with E-state index in [0.717, 1.165) is 49.8 Å². The van der Waals surface area contributed by atoms with Crippen molar-refractivity contribution in [2.45, 2.75) is 32.2 Å². The fourth-order valence-corrected chi connectivity index (χ4v) is 3.75. The first kappa shape index (κ1) is 17.2. The topological polar surface area (TPSA) is 70.6 Å². The minimum Gasteiger partial charge on any atom is -0.355 e. The van der Waals surface area contributed by atoms with Gasteiger partial charge in [0.05, 0.1) is 5.56 Å². The Balaban J connectivity index is 1.57. The van der Waals surface area contributed by atoms with Crippen molar-refractivity contribution in [1.82, 2.24) is 19.5 Å². The van der Waals surface area contributed by atoms with Gasteiger partial charge in [0.1, 0.15) is 17.7 Å². The van der Waals surface area contributed by atoms with Crippen molar-refractivity contribution >= 4 is 5.82 Å². The van der Waals surface area contributed by atoms with Gasteiger partial charge in [0.25, 0.3) is 0 Å². The van der Waals surface area contributed by atoms with E-state index in [4.69, 9.17) is 0 Å². The van der Waals surface area contributed by atoms with E-state index < -0.39 is 0 Å². The van der Waals surface area contributed by atoms with Crippen molar-refractivity contribution in [2.24, 2.45) is 0 Å². The van der Waals surface area contributed by atoms with Crippen LogP contribution in [0.25, 0.3) is 0 Å². The van der Waals surface area contributed by atoms with Crippen LogP contribution in [0.5, 0.6) is 0 Å². The first-order valence-corrected chi connectivity index (χ1v) is 9.27. The molecule has 0 saturated carbocycles. The number of anilines is 1. The predicted octanol–water partition coefficient (Wildman–Crippen LogP) is 3.29. The van der Waals surface area contributed by atoms with E-state index in [9.17, 15) is 5.26 Å². The second kappa shape index (κ2) is 7.58. The molecule has 4 rings (SSSR count). The van der Waals surface area contributed by atoms with Crippen LogP contribution >= 0.6 is 0 Å². The molecule has 0 bridgehead atoms. The first-order valence-electron chi connectivity index (χ1n) is 9.27. The van der Waals surface area contributed by atoms with Crippen LogP contribution in [0.1, 0.15) is 41.4 Å². The third kappa shape index (κ3) is 3.68. The van der Waals surface area contributed by atoms with Gasteiger partial charge in [-0.05, 0) is 49.6 Å². The summed E-state index contributed by atoms with van der Waals surface area (Å²) < 4.78 is 2.22. The second-order valence-electron chi connectivity index (χ2n) is 6.99. The molecule has 4 heterocycles. The number of hydrogen-bond donors (Lipinski definition) is 0. The molecule has 1 fully saturated rings. The molecular weight excluding hydrogens is 336 g/mol. The molecule has 3 aromatic rings. The van der Waals surface area contributed by atoms with Gasteiger partial charge in [0.15, 0.2) is 0 Å². The molecule has 0 aliphatic carbocycles. The molecule has 1 aliphatic heterocycles. The lowest BCUT2D eigenvalue weighted by Crippen LogP contribution is -2.36. The average Bonchev–Trinajstić information content (AvgIpc) is 3.17. The van der Waals surface area contributed by atoms with Gasteiger partial charge in [0, 0.05) is 56.0 Å². The van der Waals surface area contributed by atoms with Gasteiger partial charge in [0.2, 0.25) is 0 Å². The molecule has 1 aliphatic rings. The zero-order valence-corrected chi connectivity index (χ0v) is 15.4. The number of aromatic nitrogens is 4. The number of aryl methyl sites for hydroxylation is 1. The van der Waals surface area contributed by atoms with Gasteiger partial charge in [-0.25, -0.2) is 9.97 Å². The normalized spacial score (nSPS) is 16.9. The lowest BCUT2D eigenvalue weighted by Gasteiger charge is -2.34. The third-order valence-corrected chi connectivity index (χ3v) is 5.07. The average molecular weight is 358 g/mol. The number of pyridine rings is 2. The van der Waals surface area contributed by atoms with Crippen LogP contribution in [0.4, 0.5) is 5.82 Å². The number of imidazole rings is 1. The number of nitrogens with zero attached hydrogens (tertiary/aromatic N) is 6. The molecule has 6 nitrogen and oxygen atoms in total. The van der Waals surface area contributed by atoms with Crippen molar-refractivity contribution in [3.8, 4) is 6.07 Å². The van der Waals surface area contributed by atoms with Gasteiger partial charge in [-0.15, -0.1) is 0 Å². The molecule has 0 amide bonds. The standard InChI is InChI=1S/C21H22N6/c1-16-4-5-18(13-22)21(25-16)26-11-2-3-19(15-26)20-24-10-12-27(20)14-17-6-8-23-9-7-17/h4-10,12,19H,2-3,11,14-15H2,1H3/t19-/m1/s1. The van der Waals surface area contributed by atoms with E-state index in [1.54, 1.807) is 0 Å². The van der Waals surface area contributed by atoms with Crippen molar-refractivity contribution in [1.29, 1.82) is 5.26 Å². The fourth-order valence-electron chi connectivity index (χ4n) is 3.75. The van der Waals surface area contributed by atoms with Gasteiger partial charge in [-0.3, -0.25) is 4.98 Å². The molecule has 1 atom stereocenters. The van der Waals surface area contributed by atoms with Gasteiger partial charge < -0.3 is 9.47 Å². The lowest BCUT2D eigenvalue weighted by atomic mass is 9.96. The summed E-state index contributed by atoms with van der Waals surface area (Å²) in [6.07, 6.45) is 9.72. The minimum atomic E-state index is 0.324. The Morgan fingerprint density at radius 2 is 2.04 bits per heavy atom. The zero-order chi connectivity index (χ0) is 18.6. The Morgan fingerprint density at radius 1 is 1.19 bits per heavy atom. The van der Waals surface area contributed by atoms with Crippen LogP contribution in [0.2, 0.25) is 0 Å². The van der Waals surface area contributed by atoms with Crippen LogP contribution in [0, 0.1) is 18.3 Å². The largest absolute Gasteiger partial charge is 0.355 e. The van der Waals surface area contributed by atoms with Crippen LogP contribution < -0.4 is 4.90 Å². The molecule has 3 aromatic heterocycles. The van der Waals surface area contributed by atoms with Crippen molar-refractivity contribution < 1.29 is 0 Å². The second-order valence-corrected chi connectivity index (χ2v) is 6.99. The third-order valence-electron chi connectivity index (χ3n) is 5.07. The number of piperidine rings is 1. The lowest BCUT2D eigenvalue weighted by molar-refractivity contribution is 0.473. The van der Waals surface area contributed by atoms with E-state index in [1.165, 1.54) is 5.56 Å². The minimum absolute atomic E-state index is 0.324. The summed E-state index contributed by atoms with van der Waals surface area (Å²) in [6, 6.07) is 10.1. The summed E-state index contributed by atoms with van der Waals surface area (Å²) >= 11 is 0. The molecule has 136 valence electrons. The smallest absolute Gasteiger partial charge is 0.146 e. The Labute approximate surface area is 159 Å². The Kier molecular flexibility index (Phi) is 4.84. The highest BCUT2D eigenvalue weighted by Crippen LogP contribution is 2.30. The van der Waals surface area contributed by atoms with Crippen LogP contribution in [-0.2, 0) is 6.54 Å².